The van der Waals surface area contributed by atoms with Crippen molar-refractivity contribution in [2.45, 2.75) is 37.6 Å². The number of aryl methyl sites for hydroxylation is 1. The highest BCUT2D eigenvalue weighted by Crippen LogP contribution is 2.27. The highest BCUT2D eigenvalue weighted by atomic mass is 16.5. The van der Waals surface area contributed by atoms with E-state index in [-0.39, 0.29) is 5.92 Å². The van der Waals surface area contributed by atoms with E-state index < -0.39 is 12.0 Å². The quantitative estimate of drug-likeness (QED) is 0.821. The molecule has 17 heavy (non-hydrogen) atoms. The Kier molecular flexibility index (Phi) is 2.58. The number of nitrogens with zero attached hydrogens (tertiary/aromatic N) is 3. The molecule has 0 radical (unpaired) electrons. The molecule has 1 aromatic rings. The first-order valence-corrected chi connectivity index (χ1v) is 6.01. The third-order valence-corrected chi connectivity index (χ3v) is 3.47. The average molecular weight is 237 g/mol. The standard InChI is InChI=1S/C11H15N3O3/c15-11(16)8-2-1-3-9-12-10(13-14(8)9)7-4-5-17-6-7/h7-8H,1-6H2,(H,15,16). The van der Waals surface area contributed by atoms with Gasteiger partial charge < -0.3 is 9.84 Å². The van der Waals surface area contributed by atoms with Crippen LogP contribution in [0.2, 0.25) is 0 Å². The summed E-state index contributed by atoms with van der Waals surface area (Å²) in [6.45, 7) is 1.40. The van der Waals surface area contributed by atoms with Gasteiger partial charge in [-0.3, -0.25) is 0 Å². The van der Waals surface area contributed by atoms with Gasteiger partial charge in [-0.05, 0) is 19.3 Å². The molecule has 3 rings (SSSR count). The molecule has 6 nitrogen and oxygen atoms in total. The number of fused-ring (bicyclic) bond motifs is 1. The van der Waals surface area contributed by atoms with Gasteiger partial charge in [0, 0.05) is 18.9 Å². The first kappa shape index (κ1) is 10.7. The van der Waals surface area contributed by atoms with Gasteiger partial charge in [0.05, 0.1) is 6.61 Å². The fourth-order valence-corrected chi connectivity index (χ4v) is 2.51. The van der Waals surface area contributed by atoms with Crippen LogP contribution in [0.25, 0.3) is 0 Å². The number of hydrogen-bond donors (Lipinski definition) is 1. The van der Waals surface area contributed by atoms with Gasteiger partial charge in [-0.1, -0.05) is 0 Å². The topological polar surface area (TPSA) is 77.2 Å². The number of carbonyl (C=O) groups is 1. The maximum Gasteiger partial charge on any atom is 0.328 e. The van der Waals surface area contributed by atoms with Crippen molar-refractivity contribution in [1.29, 1.82) is 0 Å². The molecular weight excluding hydrogens is 222 g/mol. The van der Waals surface area contributed by atoms with E-state index in [1.165, 1.54) is 0 Å². The van der Waals surface area contributed by atoms with Gasteiger partial charge in [-0.15, -0.1) is 0 Å². The molecule has 2 aliphatic rings. The number of carboxylic acid groups (broad SMARTS) is 1. The fraction of sp³-hybridized carbons (Fsp3) is 0.727. The molecule has 1 saturated heterocycles. The second-order valence-electron chi connectivity index (χ2n) is 4.64. The van der Waals surface area contributed by atoms with Crippen molar-refractivity contribution in [3.8, 4) is 0 Å². The summed E-state index contributed by atoms with van der Waals surface area (Å²) in [7, 11) is 0. The van der Waals surface area contributed by atoms with Crippen LogP contribution in [0, 0.1) is 0 Å². The molecule has 6 heteroatoms. The number of hydrogen-bond acceptors (Lipinski definition) is 4. The Morgan fingerprint density at radius 1 is 1.47 bits per heavy atom. The minimum atomic E-state index is -0.815. The first-order valence-electron chi connectivity index (χ1n) is 6.01. The summed E-state index contributed by atoms with van der Waals surface area (Å²) in [5, 5.41) is 13.5. The van der Waals surface area contributed by atoms with Crippen LogP contribution in [0.4, 0.5) is 0 Å². The molecule has 2 unspecified atom stereocenters. The Bertz CT molecular complexity index is 437. The van der Waals surface area contributed by atoms with E-state index in [1.807, 2.05) is 0 Å². The van der Waals surface area contributed by atoms with Crippen molar-refractivity contribution in [3.63, 3.8) is 0 Å². The van der Waals surface area contributed by atoms with Crippen molar-refractivity contribution < 1.29 is 14.6 Å². The number of rotatable bonds is 2. The number of carboxylic acids is 1. The Labute approximate surface area is 98.6 Å². The lowest BCUT2D eigenvalue weighted by atomic mass is 10.1. The molecule has 1 N–H and O–H groups in total. The largest absolute Gasteiger partial charge is 0.480 e. The second-order valence-corrected chi connectivity index (χ2v) is 4.64. The van der Waals surface area contributed by atoms with E-state index in [1.54, 1.807) is 4.68 Å². The van der Waals surface area contributed by atoms with Crippen molar-refractivity contribution >= 4 is 5.97 Å². The van der Waals surface area contributed by atoms with Crippen molar-refractivity contribution in [2.24, 2.45) is 0 Å². The SMILES string of the molecule is O=C(O)C1CCCc2nc(C3CCOC3)nn21. The van der Waals surface area contributed by atoms with Gasteiger partial charge in [0.1, 0.15) is 5.82 Å². The zero-order valence-electron chi connectivity index (χ0n) is 9.50. The summed E-state index contributed by atoms with van der Waals surface area (Å²) < 4.78 is 6.91. The van der Waals surface area contributed by atoms with Crippen LogP contribution in [0.1, 0.15) is 42.9 Å². The summed E-state index contributed by atoms with van der Waals surface area (Å²) >= 11 is 0. The van der Waals surface area contributed by atoms with Gasteiger partial charge in [0.2, 0.25) is 0 Å². The molecule has 0 amide bonds. The Balaban J connectivity index is 1.92. The van der Waals surface area contributed by atoms with E-state index in [9.17, 15) is 4.79 Å². The third-order valence-electron chi connectivity index (χ3n) is 3.47. The molecule has 0 aliphatic carbocycles. The molecule has 92 valence electrons. The maximum atomic E-state index is 11.1. The van der Waals surface area contributed by atoms with Crippen molar-refractivity contribution in [2.75, 3.05) is 13.2 Å². The van der Waals surface area contributed by atoms with E-state index in [0.717, 1.165) is 37.5 Å². The molecule has 2 atom stereocenters. The van der Waals surface area contributed by atoms with E-state index >= 15 is 0 Å². The smallest absolute Gasteiger partial charge is 0.328 e. The lowest BCUT2D eigenvalue weighted by molar-refractivity contribution is -0.141. The minimum Gasteiger partial charge on any atom is -0.480 e. The molecule has 0 saturated carbocycles. The van der Waals surface area contributed by atoms with Crippen LogP contribution in [0.15, 0.2) is 0 Å². The Morgan fingerprint density at radius 2 is 2.35 bits per heavy atom. The third kappa shape index (κ3) is 1.82. The normalized spacial score (nSPS) is 28.0. The van der Waals surface area contributed by atoms with Gasteiger partial charge in [0.25, 0.3) is 0 Å². The summed E-state index contributed by atoms with van der Waals surface area (Å²) in [6, 6.07) is -0.540. The number of aromatic nitrogens is 3. The van der Waals surface area contributed by atoms with Crippen LogP contribution >= 0.6 is 0 Å². The first-order chi connectivity index (χ1) is 8.25. The molecule has 0 bridgehead atoms. The monoisotopic (exact) mass is 237 g/mol. The number of ether oxygens (including phenoxy) is 1. The zero-order chi connectivity index (χ0) is 11.8. The molecular formula is C11H15N3O3. The second kappa shape index (κ2) is 4.10. The van der Waals surface area contributed by atoms with Crippen LogP contribution in [0.3, 0.4) is 0 Å². The molecule has 3 heterocycles. The maximum absolute atomic E-state index is 11.1. The van der Waals surface area contributed by atoms with Gasteiger partial charge >= 0.3 is 5.97 Å². The minimum absolute atomic E-state index is 0.238. The molecule has 0 aromatic carbocycles. The summed E-state index contributed by atoms with van der Waals surface area (Å²) in [6.07, 6.45) is 3.27. The van der Waals surface area contributed by atoms with Crippen LogP contribution in [0.5, 0.6) is 0 Å². The van der Waals surface area contributed by atoms with Crippen molar-refractivity contribution in [1.82, 2.24) is 14.8 Å². The lowest BCUT2D eigenvalue weighted by Gasteiger charge is -2.19. The molecule has 2 aliphatic heterocycles. The average Bonchev–Trinajstić information content (AvgIpc) is 2.96. The Morgan fingerprint density at radius 3 is 3.06 bits per heavy atom. The molecule has 1 aromatic heterocycles. The van der Waals surface area contributed by atoms with Gasteiger partial charge in [-0.25, -0.2) is 14.5 Å². The van der Waals surface area contributed by atoms with E-state index in [0.29, 0.717) is 13.0 Å². The predicted octanol–water partition coefficient (Wildman–Crippen LogP) is 0.744. The Hall–Kier alpha value is -1.43. The predicted molar refractivity (Wildman–Crippen MR) is 57.8 cm³/mol. The fourth-order valence-electron chi connectivity index (χ4n) is 2.51. The summed E-state index contributed by atoms with van der Waals surface area (Å²) in [5.41, 5.74) is 0. The van der Waals surface area contributed by atoms with Gasteiger partial charge in [-0.2, -0.15) is 5.10 Å². The van der Waals surface area contributed by atoms with Gasteiger partial charge in [0.15, 0.2) is 11.9 Å². The lowest BCUT2D eigenvalue weighted by Crippen LogP contribution is -2.26. The molecule has 1 fully saturated rings. The zero-order valence-corrected chi connectivity index (χ0v) is 9.50. The summed E-state index contributed by atoms with van der Waals surface area (Å²) in [4.78, 5) is 15.6. The van der Waals surface area contributed by atoms with Crippen LogP contribution in [-0.4, -0.2) is 39.1 Å². The summed E-state index contributed by atoms with van der Waals surface area (Å²) in [5.74, 6) is 0.990. The van der Waals surface area contributed by atoms with Crippen molar-refractivity contribution in [3.05, 3.63) is 11.6 Å². The van der Waals surface area contributed by atoms with Crippen LogP contribution < -0.4 is 0 Å². The van der Waals surface area contributed by atoms with Crippen LogP contribution in [-0.2, 0) is 16.0 Å². The number of aliphatic carboxylic acids is 1. The highest BCUT2D eigenvalue weighted by Gasteiger charge is 2.31. The van der Waals surface area contributed by atoms with E-state index in [2.05, 4.69) is 10.1 Å². The molecule has 0 spiro atoms. The van der Waals surface area contributed by atoms with E-state index in [4.69, 9.17) is 9.84 Å². The highest BCUT2D eigenvalue weighted by molar-refractivity contribution is 5.71.